The Labute approximate surface area is 216 Å². The molecule has 0 aliphatic rings. The maximum absolute atomic E-state index is 14.3. The summed E-state index contributed by atoms with van der Waals surface area (Å²) in [6.07, 6.45) is 2.72. The third-order valence-electron chi connectivity index (χ3n) is 5.20. The van der Waals surface area contributed by atoms with Crippen molar-refractivity contribution in [1.82, 2.24) is 29.5 Å². The van der Waals surface area contributed by atoms with Gasteiger partial charge in [0.05, 0.1) is 16.4 Å². The van der Waals surface area contributed by atoms with Crippen LogP contribution >= 0.6 is 31.9 Å². The van der Waals surface area contributed by atoms with Crippen molar-refractivity contribution in [1.29, 1.82) is 0 Å². The van der Waals surface area contributed by atoms with Crippen LogP contribution in [0.5, 0.6) is 5.75 Å². The van der Waals surface area contributed by atoms with Crippen molar-refractivity contribution in [2.75, 3.05) is 0 Å². The second-order valence-electron chi connectivity index (χ2n) is 7.64. The number of hydrogen-bond acceptors (Lipinski definition) is 7. The third kappa shape index (κ3) is 5.25. The van der Waals surface area contributed by atoms with Gasteiger partial charge in [-0.1, -0.05) is 0 Å². The summed E-state index contributed by atoms with van der Waals surface area (Å²) >= 11 is 6.83. The number of nitro groups is 1. The van der Waals surface area contributed by atoms with Crippen LogP contribution in [-0.2, 0) is 13.0 Å². The van der Waals surface area contributed by atoms with E-state index in [0.717, 1.165) is 10.2 Å². The predicted octanol–water partition coefficient (Wildman–Crippen LogP) is 5.49. The molecule has 4 rings (SSSR count). The fourth-order valence-electron chi connectivity index (χ4n) is 3.62. The molecule has 4 aromatic rings. The molecule has 0 radical (unpaired) electrons. The molecular weight excluding hydrogens is 589 g/mol. The summed E-state index contributed by atoms with van der Waals surface area (Å²) in [5.74, 6) is 0.196. The molecule has 1 unspecified atom stereocenters. The number of hydrogen-bond donors (Lipinski definition) is 0. The summed E-state index contributed by atoms with van der Waals surface area (Å²) in [5, 5.41) is 20.3. The zero-order valence-corrected chi connectivity index (χ0v) is 22.1. The van der Waals surface area contributed by atoms with E-state index in [-0.39, 0.29) is 5.75 Å². The molecule has 3 aromatic heterocycles. The minimum atomic E-state index is -0.776. The van der Waals surface area contributed by atoms with Crippen molar-refractivity contribution in [2.24, 2.45) is 0 Å². The first-order valence-electron chi connectivity index (χ1n) is 10.6. The molecule has 13 heteroatoms. The summed E-state index contributed by atoms with van der Waals surface area (Å²) in [4.78, 5) is 19.2. The highest BCUT2D eigenvalue weighted by atomic mass is 79.9. The molecule has 0 amide bonds. The maximum Gasteiger partial charge on any atom is 0.406 e. The van der Waals surface area contributed by atoms with Crippen LogP contribution in [0.25, 0.3) is 5.69 Å². The smallest absolute Gasteiger partial charge is 0.406 e. The van der Waals surface area contributed by atoms with Crippen molar-refractivity contribution in [3.63, 3.8) is 0 Å². The van der Waals surface area contributed by atoms with E-state index in [1.807, 2.05) is 11.6 Å². The lowest BCUT2D eigenvalue weighted by atomic mass is 10.1. The molecule has 0 aliphatic carbocycles. The first kappa shape index (κ1) is 24.9. The highest BCUT2D eigenvalue weighted by Crippen LogP contribution is 2.34. The van der Waals surface area contributed by atoms with Crippen molar-refractivity contribution >= 4 is 37.7 Å². The minimum absolute atomic E-state index is 0.0435. The Morgan fingerprint density at radius 3 is 2.71 bits per heavy atom. The average Bonchev–Trinajstić information content (AvgIpc) is 3.35. The Kier molecular flexibility index (Phi) is 7.26. The van der Waals surface area contributed by atoms with E-state index < -0.39 is 22.7 Å². The van der Waals surface area contributed by atoms with Crippen molar-refractivity contribution in [2.45, 2.75) is 39.8 Å². The second kappa shape index (κ2) is 10.2. The molecular formula is C22H20Br2FN7O3. The molecule has 1 atom stereocenters. The van der Waals surface area contributed by atoms with Crippen molar-refractivity contribution < 1.29 is 14.1 Å². The zero-order valence-electron chi connectivity index (χ0n) is 18.9. The highest BCUT2D eigenvalue weighted by Gasteiger charge is 2.24. The first-order chi connectivity index (χ1) is 16.7. The van der Waals surface area contributed by atoms with Crippen LogP contribution in [0, 0.1) is 22.9 Å². The lowest BCUT2D eigenvalue weighted by Crippen LogP contribution is -2.13. The fourth-order valence-corrected chi connectivity index (χ4v) is 4.52. The van der Waals surface area contributed by atoms with Gasteiger partial charge in [-0.15, -0.1) is 0 Å². The van der Waals surface area contributed by atoms with Crippen LogP contribution < -0.4 is 4.74 Å². The van der Waals surface area contributed by atoms with Gasteiger partial charge in [0.25, 0.3) is 0 Å². The van der Waals surface area contributed by atoms with Crippen LogP contribution in [0.2, 0.25) is 0 Å². The van der Waals surface area contributed by atoms with Gasteiger partial charge in [0.2, 0.25) is 5.75 Å². The molecule has 10 nitrogen and oxygen atoms in total. The molecule has 0 saturated heterocycles. The quantitative estimate of drug-likeness (QED) is 0.192. The molecule has 0 N–H and O–H groups in total. The molecule has 3 heterocycles. The standard InChI is InChI=1S/C22H20Br2FN7O3/c1-4-30-21(24)14(10-27-30)7-20-28-13(3)29-31(20)18-6-5-16(25)9-17(18)12(2)35-19-8-15(23)11-26-22(19)32(33)34/h5-6,8-12H,4,7H2,1-3H3. The van der Waals surface area contributed by atoms with Crippen LogP contribution in [0.15, 0.2) is 45.7 Å². The number of nitrogens with zero attached hydrogens (tertiary/aromatic N) is 7. The monoisotopic (exact) mass is 607 g/mol. The topological polar surface area (TPSA) is 114 Å². The summed E-state index contributed by atoms with van der Waals surface area (Å²) in [7, 11) is 0. The summed E-state index contributed by atoms with van der Waals surface area (Å²) < 4.78 is 25.1. The normalized spacial score (nSPS) is 12.1. The fraction of sp³-hybridized carbons (Fsp3) is 0.273. The SMILES string of the molecule is CCn1ncc(Cc2nc(C)nn2-c2ccc(F)cc2C(C)Oc2cc(Br)cnc2[N+](=O)[O-])c1Br. The van der Waals surface area contributed by atoms with Gasteiger partial charge < -0.3 is 14.9 Å². The van der Waals surface area contributed by atoms with Crippen molar-refractivity contribution in [3.8, 4) is 11.4 Å². The molecule has 0 bridgehead atoms. The Morgan fingerprint density at radius 2 is 2.03 bits per heavy atom. The number of benzene rings is 1. The minimum Gasteiger partial charge on any atom is -0.478 e. The summed E-state index contributed by atoms with van der Waals surface area (Å²) in [6.45, 7) is 6.14. The van der Waals surface area contributed by atoms with Gasteiger partial charge >= 0.3 is 5.82 Å². The largest absolute Gasteiger partial charge is 0.478 e. The summed E-state index contributed by atoms with van der Waals surface area (Å²) in [5.41, 5.74) is 1.90. The van der Waals surface area contributed by atoms with E-state index in [4.69, 9.17) is 4.74 Å². The van der Waals surface area contributed by atoms with Crippen molar-refractivity contribution in [3.05, 3.63) is 84.4 Å². The number of aryl methyl sites for hydroxylation is 2. The third-order valence-corrected chi connectivity index (χ3v) is 6.56. The van der Waals surface area contributed by atoms with E-state index in [1.54, 1.807) is 30.8 Å². The van der Waals surface area contributed by atoms with E-state index in [0.29, 0.717) is 40.3 Å². The van der Waals surface area contributed by atoms with E-state index in [2.05, 4.69) is 52.0 Å². The van der Waals surface area contributed by atoms with Crippen LogP contribution in [0.3, 0.4) is 0 Å². The molecule has 35 heavy (non-hydrogen) atoms. The van der Waals surface area contributed by atoms with E-state index in [1.165, 1.54) is 24.4 Å². The Bertz CT molecular complexity index is 1410. The van der Waals surface area contributed by atoms with Gasteiger partial charge in [0.15, 0.2) is 6.20 Å². The summed E-state index contributed by atoms with van der Waals surface area (Å²) in [6, 6.07) is 5.68. The first-order valence-corrected chi connectivity index (χ1v) is 12.2. The maximum atomic E-state index is 14.3. The molecule has 0 fully saturated rings. The number of ether oxygens (including phenoxy) is 1. The highest BCUT2D eigenvalue weighted by molar-refractivity contribution is 9.10. The Morgan fingerprint density at radius 1 is 1.26 bits per heavy atom. The zero-order chi connectivity index (χ0) is 25.3. The van der Waals surface area contributed by atoms with Gasteiger partial charge in [-0.3, -0.25) is 4.68 Å². The van der Waals surface area contributed by atoms with Gasteiger partial charge in [-0.25, -0.2) is 14.1 Å². The van der Waals surface area contributed by atoms with E-state index >= 15 is 0 Å². The van der Waals surface area contributed by atoms with Crippen LogP contribution in [0.1, 0.15) is 42.7 Å². The molecule has 1 aromatic carbocycles. The molecule has 0 saturated carbocycles. The van der Waals surface area contributed by atoms with Gasteiger partial charge in [-0.2, -0.15) is 10.2 Å². The van der Waals surface area contributed by atoms with Gasteiger partial charge in [0.1, 0.15) is 28.2 Å². The van der Waals surface area contributed by atoms with Crippen LogP contribution in [0.4, 0.5) is 10.2 Å². The van der Waals surface area contributed by atoms with Gasteiger partial charge in [0, 0.05) is 30.2 Å². The number of aromatic nitrogens is 6. The lowest BCUT2D eigenvalue weighted by Gasteiger charge is -2.19. The Hall–Kier alpha value is -3.19. The molecule has 0 aliphatic heterocycles. The number of pyridine rings is 1. The molecule has 0 spiro atoms. The second-order valence-corrected chi connectivity index (χ2v) is 9.30. The van der Waals surface area contributed by atoms with E-state index in [9.17, 15) is 14.5 Å². The predicted molar refractivity (Wildman–Crippen MR) is 132 cm³/mol. The number of rotatable bonds is 8. The van der Waals surface area contributed by atoms with Gasteiger partial charge in [-0.05, 0) is 80.7 Å². The Balaban J connectivity index is 1.74. The lowest BCUT2D eigenvalue weighted by molar-refractivity contribution is -0.390. The van der Waals surface area contributed by atoms with Crippen LogP contribution in [-0.4, -0.2) is 34.5 Å². The molecule has 182 valence electrons. The average molecular weight is 609 g/mol. The number of halogens is 3.